The van der Waals surface area contributed by atoms with Crippen LogP contribution in [0.4, 0.5) is 5.69 Å². The van der Waals surface area contributed by atoms with E-state index in [4.69, 9.17) is 0 Å². The zero-order chi connectivity index (χ0) is 11.0. The first-order valence-electron chi connectivity index (χ1n) is 6.05. The van der Waals surface area contributed by atoms with Gasteiger partial charge in [0.2, 0.25) is 0 Å². The number of rotatable bonds is 1. The molecule has 82 valence electrons. The second-order valence-electron chi connectivity index (χ2n) is 4.69. The van der Waals surface area contributed by atoms with Gasteiger partial charge in [0, 0.05) is 19.3 Å². The molecule has 0 atom stereocenters. The predicted molar refractivity (Wildman–Crippen MR) is 69.8 cm³/mol. The molecule has 0 bridgehead atoms. The van der Waals surface area contributed by atoms with Crippen LogP contribution < -0.4 is 4.90 Å². The summed E-state index contributed by atoms with van der Waals surface area (Å²) in [5.41, 5.74) is 5.79. The molecule has 2 aliphatic rings. The third kappa shape index (κ3) is 1.57. The summed E-state index contributed by atoms with van der Waals surface area (Å²) >= 11 is 0. The van der Waals surface area contributed by atoms with E-state index in [9.17, 15) is 0 Å². The summed E-state index contributed by atoms with van der Waals surface area (Å²) in [4.78, 5) is 2.36. The van der Waals surface area contributed by atoms with E-state index in [1.54, 1.807) is 0 Å². The number of nitrogens with zero attached hydrogens (tertiary/aromatic N) is 1. The summed E-state index contributed by atoms with van der Waals surface area (Å²) in [5.74, 6) is 0. The van der Waals surface area contributed by atoms with Gasteiger partial charge >= 0.3 is 0 Å². The Morgan fingerprint density at radius 1 is 1.25 bits per heavy atom. The van der Waals surface area contributed by atoms with Crippen molar-refractivity contribution in [2.45, 2.75) is 19.3 Å². The Kier molecular flexibility index (Phi) is 2.32. The van der Waals surface area contributed by atoms with Crippen molar-refractivity contribution in [3.05, 3.63) is 47.6 Å². The highest BCUT2D eigenvalue weighted by Crippen LogP contribution is 2.31. The lowest BCUT2D eigenvalue weighted by atomic mass is 9.96. The van der Waals surface area contributed by atoms with Crippen molar-refractivity contribution in [3.8, 4) is 0 Å². The van der Waals surface area contributed by atoms with Gasteiger partial charge in [0.15, 0.2) is 0 Å². The first-order chi connectivity index (χ1) is 7.84. The van der Waals surface area contributed by atoms with Crippen LogP contribution in [0.5, 0.6) is 0 Å². The SMILES string of the molecule is CN1CCCc2cc(C3=CC=CC3)ccc21. The Hall–Kier alpha value is -1.50. The highest BCUT2D eigenvalue weighted by molar-refractivity contribution is 5.73. The summed E-state index contributed by atoms with van der Waals surface area (Å²) in [7, 11) is 2.19. The first kappa shape index (κ1) is 9.71. The summed E-state index contributed by atoms with van der Waals surface area (Å²) in [6.07, 6.45) is 10.2. The Morgan fingerprint density at radius 3 is 3.00 bits per heavy atom. The topological polar surface area (TPSA) is 3.24 Å². The average Bonchev–Trinajstić information content (AvgIpc) is 2.82. The molecular weight excluding hydrogens is 194 g/mol. The van der Waals surface area contributed by atoms with Gasteiger partial charge in [0.1, 0.15) is 0 Å². The second-order valence-corrected chi connectivity index (χ2v) is 4.69. The number of hydrogen-bond acceptors (Lipinski definition) is 1. The Labute approximate surface area is 97.1 Å². The first-order valence-corrected chi connectivity index (χ1v) is 6.05. The van der Waals surface area contributed by atoms with Crippen LogP contribution in [0.2, 0.25) is 0 Å². The molecule has 1 aliphatic carbocycles. The van der Waals surface area contributed by atoms with Crippen LogP contribution in [0.1, 0.15) is 24.0 Å². The molecule has 0 saturated heterocycles. The highest BCUT2D eigenvalue weighted by atomic mass is 15.1. The van der Waals surface area contributed by atoms with Gasteiger partial charge in [0.25, 0.3) is 0 Å². The number of fused-ring (bicyclic) bond motifs is 1. The zero-order valence-electron chi connectivity index (χ0n) is 9.74. The fourth-order valence-electron chi connectivity index (χ4n) is 2.65. The summed E-state index contributed by atoms with van der Waals surface area (Å²) < 4.78 is 0. The van der Waals surface area contributed by atoms with Crippen LogP contribution in [0.25, 0.3) is 5.57 Å². The molecule has 1 aliphatic heterocycles. The smallest absolute Gasteiger partial charge is 0.0396 e. The molecule has 1 heterocycles. The fraction of sp³-hybridized carbons (Fsp3) is 0.333. The van der Waals surface area contributed by atoms with E-state index in [1.807, 2.05) is 0 Å². The molecule has 1 heteroatoms. The lowest BCUT2D eigenvalue weighted by Crippen LogP contribution is -2.24. The summed E-state index contributed by atoms with van der Waals surface area (Å²) in [6, 6.07) is 6.92. The maximum atomic E-state index is 2.38. The molecular formula is C15H17N. The molecule has 0 amide bonds. The number of hydrogen-bond donors (Lipinski definition) is 0. The quantitative estimate of drug-likeness (QED) is 0.688. The number of allylic oxidation sites excluding steroid dienone is 4. The molecule has 1 aromatic carbocycles. The van der Waals surface area contributed by atoms with Crippen LogP contribution in [0, 0.1) is 0 Å². The van der Waals surface area contributed by atoms with Gasteiger partial charge in [-0.15, -0.1) is 0 Å². The van der Waals surface area contributed by atoms with Crippen molar-refractivity contribution in [2.24, 2.45) is 0 Å². The lowest BCUT2D eigenvalue weighted by molar-refractivity contribution is 0.744. The third-order valence-corrected chi connectivity index (χ3v) is 3.57. The van der Waals surface area contributed by atoms with Crippen molar-refractivity contribution in [2.75, 3.05) is 18.5 Å². The minimum Gasteiger partial charge on any atom is -0.374 e. The van der Waals surface area contributed by atoms with Gasteiger partial charge in [-0.25, -0.2) is 0 Å². The van der Waals surface area contributed by atoms with Crippen LogP contribution in [-0.2, 0) is 6.42 Å². The lowest BCUT2D eigenvalue weighted by Gasteiger charge is -2.28. The van der Waals surface area contributed by atoms with Crippen molar-refractivity contribution in [3.63, 3.8) is 0 Å². The average molecular weight is 211 g/mol. The standard InChI is InChI=1S/C15H17N/c1-16-10-4-7-14-11-13(8-9-15(14)16)12-5-2-3-6-12/h2-3,5,8-9,11H,4,6-7,10H2,1H3. The Morgan fingerprint density at radius 2 is 2.19 bits per heavy atom. The Balaban J connectivity index is 1.98. The molecule has 0 spiro atoms. The van der Waals surface area contributed by atoms with E-state index in [0.29, 0.717) is 0 Å². The van der Waals surface area contributed by atoms with E-state index in [0.717, 1.165) is 6.42 Å². The van der Waals surface area contributed by atoms with Crippen LogP contribution >= 0.6 is 0 Å². The van der Waals surface area contributed by atoms with Crippen molar-refractivity contribution in [1.82, 2.24) is 0 Å². The molecule has 3 rings (SSSR count). The van der Waals surface area contributed by atoms with Crippen LogP contribution in [0.15, 0.2) is 36.4 Å². The Bertz CT molecular complexity index is 468. The molecule has 0 unspecified atom stereocenters. The normalized spacial score (nSPS) is 18.6. The maximum Gasteiger partial charge on any atom is 0.0396 e. The zero-order valence-corrected chi connectivity index (χ0v) is 9.74. The number of benzene rings is 1. The minimum atomic E-state index is 1.09. The van der Waals surface area contributed by atoms with Crippen molar-refractivity contribution >= 4 is 11.3 Å². The van der Waals surface area contributed by atoms with Crippen molar-refractivity contribution in [1.29, 1.82) is 0 Å². The van der Waals surface area contributed by atoms with Gasteiger partial charge in [-0.1, -0.05) is 24.3 Å². The molecule has 16 heavy (non-hydrogen) atoms. The van der Waals surface area contributed by atoms with E-state index in [1.165, 1.54) is 41.8 Å². The van der Waals surface area contributed by atoms with Gasteiger partial charge in [-0.05, 0) is 48.1 Å². The molecule has 0 fully saturated rings. The monoisotopic (exact) mass is 211 g/mol. The molecule has 0 N–H and O–H groups in total. The van der Waals surface area contributed by atoms with Crippen LogP contribution in [-0.4, -0.2) is 13.6 Å². The largest absolute Gasteiger partial charge is 0.374 e. The second kappa shape index (κ2) is 3.82. The van der Waals surface area contributed by atoms with Crippen LogP contribution in [0.3, 0.4) is 0 Å². The van der Waals surface area contributed by atoms with Gasteiger partial charge in [-0.2, -0.15) is 0 Å². The number of aryl methyl sites for hydroxylation is 1. The maximum absolute atomic E-state index is 2.38. The van der Waals surface area contributed by atoms with E-state index < -0.39 is 0 Å². The predicted octanol–water partition coefficient (Wildman–Crippen LogP) is 3.41. The fourth-order valence-corrected chi connectivity index (χ4v) is 2.65. The van der Waals surface area contributed by atoms with Crippen molar-refractivity contribution < 1.29 is 0 Å². The molecule has 0 radical (unpaired) electrons. The molecule has 0 aromatic heterocycles. The van der Waals surface area contributed by atoms with E-state index in [-0.39, 0.29) is 0 Å². The molecule has 0 saturated carbocycles. The highest BCUT2D eigenvalue weighted by Gasteiger charge is 2.14. The summed E-state index contributed by atoms with van der Waals surface area (Å²) in [6.45, 7) is 1.19. The van der Waals surface area contributed by atoms with E-state index in [2.05, 4.69) is 48.4 Å². The van der Waals surface area contributed by atoms with Gasteiger partial charge in [-0.3, -0.25) is 0 Å². The van der Waals surface area contributed by atoms with Gasteiger partial charge < -0.3 is 4.90 Å². The summed E-state index contributed by atoms with van der Waals surface area (Å²) in [5, 5.41) is 0. The number of anilines is 1. The minimum absolute atomic E-state index is 1.09. The van der Waals surface area contributed by atoms with Gasteiger partial charge in [0.05, 0.1) is 0 Å². The molecule has 1 aromatic rings. The third-order valence-electron chi connectivity index (χ3n) is 3.57. The molecule has 1 nitrogen and oxygen atoms in total. The van der Waals surface area contributed by atoms with E-state index >= 15 is 0 Å².